The summed E-state index contributed by atoms with van der Waals surface area (Å²) < 4.78 is 0. The third kappa shape index (κ3) is 6.40. The molecule has 2 atom stereocenters. The molecule has 1 aromatic heterocycles. The van der Waals surface area contributed by atoms with Gasteiger partial charge in [0.05, 0.1) is 0 Å². The van der Waals surface area contributed by atoms with Crippen molar-refractivity contribution < 1.29 is 14.7 Å². The average Bonchev–Trinajstić information content (AvgIpc) is 3.35. The summed E-state index contributed by atoms with van der Waals surface area (Å²) in [5.74, 6) is -0.877. The molecule has 1 aliphatic rings. The maximum absolute atomic E-state index is 13.0. The summed E-state index contributed by atoms with van der Waals surface area (Å²) in [5, 5.41) is 13.7. The van der Waals surface area contributed by atoms with Crippen molar-refractivity contribution in [3.63, 3.8) is 0 Å². The molecule has 1 saturated carbocycles. The molecular formula is C33H37N3O3. The second-order valence-electron chi connectivity index (χ2n) is 10.7. The normalized spacial score (nSPS) is 15.6. The van der Waals surface area contributed by atoms with Gasteiger partial charge in [-0.05, 0) is 53.5 Å². The van der Waals surface area contributed by atoms with Crippen molar-refractivity contribution in [2.45, 2.75) is 63.5 Å². The second kappa shape index (κ2) is 12.3. The maximum Gasteiger partial charge on any atom is 0.326 e. The third-order valence-corrected chi connectivity index (χ3v) is 8.07. The monoisotopic (exact) mass is 523 g/mol. The van der Waals surface area contributed by atoms with Gasteiger partial charge < -0.3 is 21.1 Å². The Bertz CT molecular complexity index is 1410. The first kappa shape index (κ1) is 26.7. The fourth-order valence-corrected chi connectivity index (χ4v) is 5.91. The van der Waals surface area contributed by atoms with Crippen LogP contribution in [0.3, 0.4) is 0 Å². The minimum absolute atomic E-state index is 0.0959. The molecule has 6 nitrogen and oxygen atoms in total. The number of carbonyl (C=O) groups excluding carboxylic acids is 1. The number of hydrogen-bond acceptors (Lipinski definition) is 3. The Kier molecular flexibility index (Phi) is 8.42. The molecule has 4 aromatic rings. The molecule has 6 heteroatoms. The van der Waals surface area contributed by atoms with E-state index < -0.39 is 12.0 Å². The van der Waals surface area contributed by atoms with Crippen LogP contribution in [-0.4, -0.2) is 28.0 Å². The maximum atomic E-state index is 13.0. The van der Waals surface area contributed by atoms with E-state index in [9.17, 15) is 14.7 Å². The van der Waals surface area contributed by atoms with Gasteiger partial charge in [-0.1, -0.05) is 92.1 Å². The fraction of sp³-hybridized carbons (Fsp3) is 0.333. The lowest BCUT2D eigenvalue weighted by atomic mass is 9.82. The van der Waals surface area contributed by atoms with Gasteiger partial charge in [-0.3, -0.25) is 4.79 Å². The Morgan fingerprint density at radius 3 is 2.28 bits per heavy atom. The largest absolute Gasteiger partial charge is 0.480 e. The standard InChI is InChI=1S/C33H37N3O3/c34-31(25-11-5-2-6-12-25)32-27(26-13-7-8-14-28(26)36-32)19-20-30(37)35-29(33(38)39)21-22-15-17-24(18-16-22)23-9-3-1-4-10-23/h1,3-4,7-10,13-18,25,29,31,36H,2,5-6,11-12,19-21,34H2,(H,35,37)(H,38,39). The minimum atomic E-state index is -1.04. The first-order chi connectivity index (χ1) is 19.0. The predicted molar refractivity (Wildman–Crippen MR) is 155 cm³/mol. The summed E-state index contributed by atoms with van der Waals surface area (Å²) in [4.78, 5) is 28.5. The first-order valence-electron chi connectivity index (χ1n) is 14.0. The summed E-state index contributed by atoms with van der Waals surface area (Å²) in [6.45, 7) is 0. The van der Waals surface area contributed by atoms with Crippen molar-refractivity contribution >= 4 is 22.8 Å². The Balaban J connectivity index is 1.25. The minimum Gasteiger partial charge on any atom is -0.480 e. The van der Waals surface area contributed by atoms with Crippen molar-refractivity contribution in [3.8, 4) is 11.1 Å². The number of aromatic nitrogens is 1. The lowest BCUT2D eigenvalue weighted by Crippen LogP contribution is -2.42. The van der Waals surface area contributed by atoms with Crippen molar-refractivity contribution in [3.05, 3.63) is 95.7 Å². The summed E-state index contributed by atoms with van der Waals surface area (Å²) in [5.41, 5.74) is 12.9. The van der Waals surface area contributed by atoms with Gasteiger partial charge in [-0.25, -0.2) is 4.79 Å². The molecule has 1 fully saturated rings. The number of aromatic amines is 1. The number of fused-ring (bicyclic) bond motifs is 1. The molecular weight excluding hydrogens is 486 g/mol. The lowest BCUT2D eigenvalue weighted by Gasteiger charge is -2.27. The van der Waals surface area contributed by atoms with Crippen LogP contribution in [0.2, 0.25) is 0 Å². The van der Waals surface area contributed by atoms with E-state index in [0.29, 0.717) is 12.3 Å². The van der Waals surface area contributed by atoms with Crippen molar-refractivity contribution in [2.75, 3.05) is 0 Å². The van der Waals surface area contributed by atoms with Crippen molar-refractivity contribution in [1.82, 2.24) is 10.3 Å². The predicted octanol–water partition coefficient (Wildman–Crippen LogP) is 6.16. The van der Waals surface area contributed by atoms with Gasteiger partial charge in [-0.2, -0.15) is 0 Å². The van der Waals surface area contributed by atoms with Crippen LogP contribution in [0, 0.1) is 5.92 Å². The van der Waals surface area contributed by atoms with E-state index in [1.54, 1.807) is 0 Å². The van der Waals surface area contributed by atoms with Crippen molar-refractivity contribution in [2.24, 2.45) is 11.7 Å². The number of nitrogens with one attached hydrogen (secondary N) is 2. The highest BCUT2D eigenvalue weighted by molar-refractivity contribution is 5.87. The average molecular weight is 524 g/mol. The number of hydrogen-bond donors (Lipinski definition) is 4. The zero-order chi connectivity index (χ0) is 27.2. The third-order valence-electron chi connectivity index (χ3n) is 8.07. The number of rotatable bonds is 10. The number of carboxylic acids is 1. The molecule has 0 saturated heterocycles. The second-order valence-corrected chi connectivity index (χ2v) is 10.7. The highest BCUT2D eigenvalue weighted by atomic mass is 16.4. The lowest BCUT2D eigenvalue weighted by molar-refractivity contribution is -0.141. The highest BCUT2D eigenvalue weighted by Crippen LogP contribution is 2.36. The number of carboxylic acid groups (broad SMARTS) is 1. The van der Waals surface area contributed by atoms with E-state index >= 15 is 0 Å². The van der Waals surface area contributed by atoms with Crippen molar-refractivity contribution in [1.29, 1.82) is 0 Å². The van der Waals surface area contributed by atoms with E-state index in [-0.39, 0.29) is 24.8 Å². The zero-order valence-electron chi connectivity index (χ0n) is 22.2. The molecule has 39 heavy (non-hydrogen) atoms. The summed E-state index contributed by atoms with van der Waals surface area (Å²) in [6, 6.07) is 24.9. The molecule has 5 rings (SSSR count). The summed E-state index contributed by atoms with van der Waals surface area (Å²) >= 11 is 0. The number of carbonyl (C=O) groups is 2. The van der Waals surface area contributed by atoms with Crippen LogP contribution in [0.1, 0.15) is 61.4 Å². The SMILES string of the molecule is NC(c1[nH]c2ccccc2c1CCC(=O)NC(Cc1ccc(-c2ccccc2)cc1)C(=O)O)C1CCCCC1. The Labute approximate surface area is 229 Å². The van der Waals surface area contributed by atoms with Gasteiger partial charge in [0.1, 0.15) is 6.04 Å². The van der Waals surface area contributed by atoms with E-state index in [1.165, 1.54) is 19.3 Å². The van der Waals surface area contributed by atoms with Gasteiger partial charge in [0.2, 0.25) is 5.91 Å². The molecule has 0 spiro atoms. The van der Waals surface area contributed by atoms with Crippen LogP contribution in [0.4, 0.5) is 0 Å². The van der Waals surface area contributed by atoms with Crippen LogP contribution in [0.15, 0.2) is 78.9 Å². The summed E-state index contributed by atoms with van der Waals surface area (Å²) in [7, 11) is 0. The van der Waals surface area contributed by atoms with Crippen LogP contribution in [-0.2, 0) is 22.4 Å². The number of para-hydroxylation sites is 1. The molecule has 1 heterocycles. The Morgan fingerprint density at radius 1 is 0.897 bits per heavy atom. The van der Waals surface area contributed by atoms with E-state index in [0.717, 1.165) is 51.7 Å². The van der Waals surface area contributed by atoms with E-state index in [1.807, 2.05) is 72.8 Å². The molecule has 1 amide bonds. The number of H-pyrrole nitrogens is 1. The molecule has 3 aromatic carbocycles. The van der Waals surface area contributed by atoms with Gasteiger partial charge in [0.25, 0.3) is 0 Å². The van der Waals surface area contributed by atoms with Gasteiger partial charge >= 0.3 is 5.97 Å². The quantitative estimate of drug-likeness (QED) is 0.200. The van der Waals surface area contributed by atoms with Gasteiger partial charge in [-0.15, -0.1) is 0 Å². The fourth-order valence-electron chi connectivity index (χ4n) is 5.91. The Hall–Kier alpha value is -3.90. The molecule has 0 aliphatic heterocycles. The highest BCUT2D eigenvalue weighted by Gasteiger charge is 2.27. The molecule has 202 valence electrons. The van der Waals surface area contributed by atoms with E-state index in [4.69, 9.17) is 5.73 Å². The molecule has 0 radical (unpaired) electrons. The van der Waals surface area contributed by atoms with E-state index in [2.05, 4.69) is 16.4 Å². The van der Waals surface area contributed by atoms with Gasteiger partial charge in [0.15, 0.2) is 0 Å². The topological polar surface area (TPSA) is 108 Å². The number of aliphatic carboxylic acids is 1. The van der Waals surface area contributed by atoms with Crippen LogP contribution in [0.25, 0.3) is 22.0 Å². The van der Waals surface area contributed by atoms with Crippen LogP contribution < -0.4 is 11.1 Å². The first-order valence-corrected chi connectivity index (χ1v) is 14.0. The molecule has 5 N–H and O–H groups in total. The number of benzene rings is 3. The number of amides is 1. The van der Waals surface area contributed by atoms with Gasteiger partial charge in [0, 0.05) is 35.5 Å². The molecule has 2 unspecified atom stereocenters. The molecule has 0 bridgehead atoms. The summed E-state index contributed by atoms with van der Waals surface area (Å²) in [6.07, 6.45) is 6.87. The number of aryl methyl sites for hydroxylation is 1. The van der Waals surface area contributed by atoms with Crippen LogP contribution in [0.5, 0.6) is 0 Å². The van der Waals surface area contributed by atoms with Crippen LogP contribution >= 0.6 is 0 Å². The zero-order valence-corrected chi connectivity index (χ0v) is 22.2. The smallest absolute Gasteiger partial charge is 0.326 e. The number of nitrogens with two attached hydrogens (primary N) is 1. The molecule has 1 aliphatic carbocycles. The Morgan fingerprint density at radius 2 is 1.56 bits per heavy atom.